The van der Waals surface area contributed by atoms with Crippen LogP contribution in [0, 0.1) is 0 Å². The number of halogens is 1. The van der Waals surface area contributed by atoms with Gasteiger partial charge in [-0.3, -0.25) is 0 Å². The standard InChI is InChI=1S/C16H29N3O2.HI/c1-2-20-14-12-13(16(14)8-7-11-21-16)18-15(17)19-9-5-3-4-6-10-19;/h13-14H,2-12H2,1H3,(H2,17,18);1H. The van der Waals surface area contributed by atoms with Gasteiger partial charge in [-0.25, -0.2) is 4.99 Å². The van der Waals surface area contributed by atoms with Crippen LogP contribution >= 0.6 is 24.0 Å². The molecule has 0 aromatic carbocycles. The van der Waals surface area contributed by atoms with E-state index in [-0.39, 0.29) is 41.7 Å². The Labute approximate surface area is 151 Å². The number of ether oxygens (including phenoxy) is 2. The zero-order valence-corrected chi connectivity index (χ0v) is 16.0. The molecule has 3 unspecified atom stereocenters. The van der Waals surface area contributed by atoms with Crippen LogP contribution in [0.25, 0.3) is 0 Å². The maximum Gasteiger partial charge on any atom is 0.191 e. The van der Waals surface area contributed by atoms with Crippen LogP contribution in [0.5, 0.6) is 0 Å². The summed E-state index contributed by atoms with van der Waals surface area (Å²) in [5.41, 5.74) is 6.09. The summed E-state index contributed by atoms with van der Waals surface area (Å²) >= 11 is 0. The largest absolute Gasteiger partial charge is 0.375 e. The molecule has 6 heteroatoms. The number of hydrogen-bond donors (Lipinski definition) is 1. The summed E-state index contributed by atoms with van der Waals surface area (Å²) in [5.74, 6) is 0.715. The van der Waals surface area contributed by atoms with Gasteiger partial charge in [0, 0.05) is 32.7 Å². The molecule has 3 atom stereocenters. The number of nitrogens with two attached hydrogens (primary N) is 1. The lowest BCUT2D eigenvalue weighted by atomic mass is 9.70. The lowest BCUT2D eigenvalue weighted by Gasteiger charge is -2.50. The monoisotopic (exact) mass is 423 g/mol. The number of guanidine groups is 1. The highest BCUT2D eigenvalue weighted by Crippen LogP contribution is 2.47. The number of aliphatic imine (C=N–C) groups is 1. The van der Waals surface area contributed by atoms with E-state index >= 15 is 0 Å². The van der Waals surface area contributed by atoms with Gasteiger partial charge < -0.3 is 20.1 Å². The second-order valence-corrected chi connectivity index (χ2v) is 6.49. The maximum absolute atomic E-state index is 6.28. The fourth-order valence-corrected chi connectivity index (χ4v) is 3.97. The van der Waals surface area contributed by atoms with E-state index in [9.17, 15) is 0 Å². The predicted octanol–water partition coefficient (Wildman–Crippen LogP) is 2.52. The van der Waals surface area contributed by atoms with Crippen molar-refractivity contribution in [2.24, 2.45) is 10.7 Å². The summed E-state index contributed by atoms with van der Waals surface area (Å²) in [7, 11) is 0. The van der Waals surface area contributed by atoms with Crippen LogP contribution in [0.15, 0.2) is 4.99 Å². The molecule has 0 radical (unpaired) electrons. The van der Waals surface area contributed by atoms with E-state index in [1.807, 2.05) is 6.92 Å². The highest BCUT2D eigenvalue weighted by molar-refractivity contribution is 14.0. The Morgan fingerprint density at radius 1 is 1.27 bits per heavy atom. The first-order chi connectivity index (χ1) is 10.3. The van der Waals surface area contributed by atoms with Crippen LogP contribution in [-0.4, -0.2) is 54.9 Å². The Kier molecular flexibility index (Phi) is 6.76. The average molecular weight is 423 g/mol. The van der Waals surface area contributed by atoms with Crippen LogP contribution in [0.4, 0.5) is 0 Å². The minimum atomic E-state index is -0.188. The molecule has 0 aromatic rings. The van der Waals surface area contributed by atoms with Gasteiger partial charge in [0.1, 0.15) is 5.60 Å². The Hall–Kier alpha value is -0.0800. The van der Waals surface area contributed by atoms with E-state index < -0.39 is 0 Å². The van der Waals surface area contributed by atoms with Gasteiger partial charge in [-0.1, -0.05) is 12.8 Å². The normalized spacial score (nSPS) is 35.9. The van der Waals surface area contributed by atoms with E-state index in [4.69, 9.17) is 20.2 Å². The van der Waals surface area contributed by atoms with Gasteiger partial charge in [-0.15, -0.1) is 24.0 Å². The first kappa shape index (κ1) is 18.3. The molecule has 2 aliphatic heterocycles. The van der Waals surface area contributed by atoms with Crippen molar-refractivity contribution in [3.05, 3.63) is 0 Å². The molecule has 1 aliphatic carbocycles. The Morgan fingerprint density at radius 2 is 2.00 bits per heavy atom. The molecule has 2 N–H and O–H groups in total. The summed E-state index contributed by atoms with van der Waals surface area (Å²) < 4.78 is 11.9. The number of rotatable bonds is 3. The Bertz CT molecular complexity index is 378. The zero-order valence-electron chi connectivity index (χ0n) is 13.6. The molecule has 1 saturated carbocycles. The van der Waals surface area contributed by atoms with Crippen molar-refractivity contribution in [2.75, 3.05) is 26.3 Å². The number of hydrogen-bond acceptors (Lipinski definition) is 3. The second-order valence-electron chi connectivity index (χ2n) is 6.49. The molecule has 22 heavy (non-hydrogen) atoms. The van der Waals surface area contributed by atoms with Crippen molar-refractivity contribution in [1.29, 1.82) is 0 Å². The van der Waals surface area contributed by atoms with Crippen LogP contribution in [0.3, 0.4) is 0 Å². The van der Waals surface area contributed by atoms with Crippen molar-refractivity contribution >= 4 is 29.9 Å². The van der Waals surface area contributed by atoms with Gasteiger partial charge in [-0.05, 0) is 32.6 Å². The minimum absolute atomic E-state index is 0. The summed E-state index contributed by atoms with van der Waals surface area (Å²) in [6.07, 6.45) is 8.39. The Balaban J connectivity index is 0.00000176. The summed E-state index contributed by atoms with van der Waals surface area (Å²) in [5, 5.41) is 0. The minimum Gasteiger partial charge on any atom is -0.375 e. The van der Waals surface area contributed by atoms with E-state index in [2.05, 4.69) is 4.90 Å². The molecule has 0 aromatic heterocycles. The van der Waals surface area contributed by atoms with Crippen LogP contribution in [0.1, 0.15) is 51.9 Å². The third kappa shape index (κ3) is 3.53. The highest BCUT2D eigenvalue weighted by Gasteiger charge is 2.59. The number of likely N-dealkylation sites (tertiary alicyclic amines) is 1. The lowest BCUT2D eigenvalue weighted by Crippen LogP contribution is -2.63. The molecular weight excluding hydrogens is 393 g/mol. The van der Waals surface area contributed by atoms with E-state index in [0.29, 0.717) is 5.96 Å². The average Bonchev–Trinajstić information content (AvgIpc) is 2.86. The van der Waals surface area contributed by atoms with Crippen molar-refractivity contribution in [3.63, 3.8) is 0 Å². The van der Waals surface area contributed by atoms with E-state index in [1.165, 1.54) is 25.7 Å². The summed E-state index contributed by atoms with van der Waals surface area (Å²) in [6.45, 7) is 5.72. The Morgan fingerprint density at radius 3 is 2.59 bits per heavy atom. The van der Waals surface area contributed by atoms with E-state index in [0.717, 1.165) is 45.6 Å². The smallest absolute Gasteiger partial charge is 0.191 e. The molecule has 1 spiro atoms. The van der Waals surface area contributed by atoms with Gasteiger partial charge in [0.25, 0.3) is 0 Å². The van der Waals surface area contributed by atoms with E-state index in [1.54, 1.807) is 0 Å². The topological polar surface area (TPSA) is 60.1 Å². The predicted molar refractivity (Wildman–Crippen MR) is 98.8 cm³/mol. The molecule has 3 rings (SSSR count). The van der Waals surface area contributed by atoms with Crippen LogP contribution < -0.4 is 5.73 Å². The fraction of sp³-hybridized carbons (Fsp3) is 0.938. The molecule has 3 aliphatic rings. The van der Waals surface area contributed by atoms with Gasteiger partial charge in [0.15, 0.2) is 5.96 Å². The molecule has 2 saturated heterocycles. The van der Waals surface area contributed by atoms with Crippen molar-refractivity contribution in [3.8, 4) is 0 Å². The summed E-state index contributed by atoms with van der Waals surface area (Å²) in [6, 6.07) is 0.180. The number of nitrogens with zero attached hydrogens (tertiary/aromatic N) is 2. The molecule has 2 heterocycles. The van der Waals surface area contributed by atoms with Crippen LogP contribution in [0.2, 0.25) is 0 Å². The van der Waals surface area contributed by atoms with Gasteiger partial charge >= 0.3 is 0 Å². The first-order valence-electron chi connectivity index (χ1n) is 8.60. The third-order valence-corrected chi connectivity index (χ3v) is 5.22. The maximum atomic E-state index is 6.28. The summed E-state index contributed by atoms with van der Waals surface area (Å²) in [4.78, 5) is 7.08. The fourth-order valence-electron chi connectivity index (χ4n) is 3.97. The zero-order chi connectivity index (χ0) is 14.7. The van der Waals surface area contributed by atoms with Crippen molar-refractivity contribution < 1.29 is 9.47 Å². The molecule has 5 nitrogen and oxygen atoms in total. The van der Waals surface area contributed by atoms with Gasteiger partial charge in [-0.2, -0.15) is 0 Å². The quantitative estimate of drug-likeness (QED) is 0.431. The molecular formula is C16H30IN3O2. The molecule has 0 amide bonds. The van der Waals surface area contributed by atoms with Crippen molar-refractivity contribution in [1.82, 2.24) is 4.90 Å². The van der Waals surface area contributed by atoms with Crippen LogP contribution in [-0.2, 0) is 9.47 Å². The second kappa shape index (κ2) is 8.15. The SMILES string of the molecule is CCOC1CC(N=C(N)N2CCCCCC2)C12CCCO2.I. The molecule has 0 bridgehead atoms. The van der Waals surface area contributed by atoms with Gasteiger partial charge in [0.2, 0.25) is 0 Å². The lowest BCUT2D eigenvalue weighted by molar-refractivity contribution is -0.189. The van der Waals surface area contributed by atoms with Crippen molar-refractivity contribution in [2.45, 2.75) is 69.6 Å². The highest BCUT2D eigenvalue weighted by atomic mass is 127. The third-order valence-electron chi connectivity index (χ3n) is 5.22. The van der Waals surface area contributed by atoms with Gasteiger partial charge in [0.05, 0.1) is 12.1 Å². The first-order valence-corrected chi connectivity index (χ1v) is 8.60. The molecule has 128 valence electrons. The molecule has 3 fully saturated rings.